The van der Waals surface area contributed by atoms with Gasteiger partial charge in [0, 0.05) is 24.7 Å². The maximum Gasteiger partial charge on any atom is 0.289 e. The molecule has 1 aromatic carbocycles. The van der Waals surface area contributed by atoms with Gasteiger partial charge in [0.15, 0.2) is 0 Å². The summed E-state index contributed by atoms with van der Waals surface area (Å²) in [5, 5.41) is -0.156. The molecule has 0 N–H and O–H groups in total. The summed E-state index contributed by atoms with van der Waals surface area (Å²) in [6.45, 7) is 3.61. The summed E-state index contributed by atoms with van der Waals surface area (Å²) in [4.78, 5) is 39.3. The first-order valence-electron chi connectivity index (χ1n) is 8.11. The van der Waals surface area contributed by atoms with Crippen LogP contribution in [0.2, 0.25) is 0 Å². The fourth-order valence-corrected chi connectivity index (χ4v) is 3.86. The van der Waals surface area contributed by atoms with E-state index >= 15 is 0 Å². The molecule has 0 spiro atoms. The molecule has 7 heteroatoms. The average Bonchev–Trinajstić information content (AvgIpc) is 2.94. The smallest absolute Gasteiger partial charge is 0.289 e. The topological polar surface area (TPSA) is 66.9 Å². The molecule has 3 amide bonds. The van der Waals surface area contributed by atoms with Crippen LogP contribution in [-0.2, 0) is 4.79 Å². The SMILES string of the molecule is CCOc1ccc(C(=O)N2CCC(N3C(=O)CSC3=O)CC2)cc1. The van der Waals surface area contributed by atoms with Gasteiger partial charge in [-0.05, 0) is 44.0 Å². The van der Waals surface area contributed by atoms with Gasteiger partial charge in [-0.3, -0.25) is 19.3 Å². The number of imide groups is 1. The molecule has 2 aliphatic rings. The molecule has 0 bridgehead atoms. The van der Waals surface area contributed by atoms with Crippen LogP contribution >= 0.6 is 11.8 Å². The number of benzene rings is 1. The first kappa shape index (κ1) is 16.8. The molecular formula is C17H20N2O4S. The van der Waals surface area contributed by atoms with Crippen molar-refractivity contribution < 1.29 is 19.1 Å². The Hall–Kier alpha value is -2.02. The number of likely N-dealkylation sites (tertiary alicyclic amines) is 1. The molecule has 3 rings (SSSR count). The van der Waals surface area contributed by atoms with Crippen LogP contribution in [0.4, 0.5) is 4.79 Å². The lowest BCUT2D eigenvalue weighted by atomic mass is 10.0. The van der Waals surface area contributed by atoms with Crippen LogP contribution in [0.1, 0.15) is 30.1 Å². The van der Waals surface area contributed by atoms with Crippen molar-refractivity contribution in [2.45, 2.75) is 25.8 Å². The third-order valence-corrected chi connectivity index (χ3v) is 5.15. The molecule has 0 radical (unpaired) electrons. The second-order valence-electron chi connectivity index (χ2n) is 5.80. The van der Waals surface area contributed by atoms with Gasteiger partial charge in [-0.15, -0.1) is 0 Å². The van der Waals surface area contributed by atoms with Crippen molar-refractivity contribution in [2.24, 2.45) is 0 Å². The molecule has 2 aliphatic heterocycles. The van der Waals surface area contributed by atoms with E-state index in [0.717, 1.165) is 17.5 Å². The molecular weight excluding hydrogens is 328 g/mol. The zero-order valence-electron chi connectivity index (χ0n) is 13.6. The summed E-state index contributed by atoms with van der Waals surface area (Å²) in [7, 11) is 0. The van der Waals surface area contributed by atoms with E-state index in [1.165, 1.54) is 4.90 Å². The average molecular weight is 348 g/mol. The van der Waals surface area contributed by atoms with Crippen LogP contribution in [0, 0.1) is 0 Å². The Bertz CT molecular complexity index is 622. The summed E-state index contributed by atoms with van der Waals surface area (Å²) in [6.07, 6.45) is 1.28. The minimum Gasteiger partial charge on any atom is -0.494 e. The lowest BCUT2D eigenvalue weighted by Gasteiger charge is -2.35. The van der Waals surface area contributed by atoms with E-state index in [0.29, 0.717) is 38.1 Å². The normalized spacial score (nSPS) is 19.0. The highest BCUT2D eigenvalue weighted by Gasteiger charge is 2.38. The van der Waals surface area contributed by atoms with E-state index in [1.807, 2.05) is 6.92 Å². The number of amides is 3. The molecule has 2 fully saturated rings. The third kappa shape index (κ3) is 3.40. The van der Waals surface area contributed by atoms with Crippen molar-refractivity contribution in [3.63, 3.8) is 0 Å². The van der Waals surface area contributed by atoms with E-state index in [-0.39, 0.29) is 28.8 Å². The standard InChI is InChI=1S/C17H20N2O4S/c1-2-23-14-5-3-12(4-6-14)16(21)18-9-7-13(8-10-18)19-15(20)11-24-17(19)22/h3-6,13H,2,7-11H2,1H3. The van der Waals surface area contributed by atoms with Gasteiger partial charge < -0.3 is 9.64 Å². The number of hydrogen-bond acceptors (Lipinski definition) is 5. The van der Waals surface area contributed by atoms with Crippen LogP contribution in [0.15, 0.2) is 24.3 Å². The second-order valence-corrected chi connectivity index (χ2v) is 6.73. The second kappa shape index (κ2) is 7.25. The molecule has 1 aromatic rings. The number of thioether (sulfide) groups is 1. The van der Waals surface area contributed by atoms with E-state index in [1.54, 1.807) is 29.2 Å². The largest absolute Gasteiger partial charge is 0.494 e. The first-order chi connectivity index (χ1) is 11.6. The van der Waals surface area contributed by atoms with Crippen LogP contribution in [0.3, 0.4) is 0 Å². The molecule has 24 heavy (non-hydrogen) atoms. The van der Waals surface area contributed by atoms with E-state index in [4.69, 9.17) is 4.74 Å². The predicted octanol–water partition coefficient (Wildman–Crippen LogP) is 2.39. The van der Waals surface area contributed by atoms with Crippen LogP contribution in [-0.4, -0.2) is 58.3 Å². The Morgan fingerprint density at radius 2 is 1.88 bits per heavy atom. The Kier molecular flexibility index (Phi) is 5.08. The van der Waals surface area contributed by atoms with Gasteiger partial charge in [0.25, 0.3) is 11.1 Å². The Balaban J connectivity index is 1.59. The molecule has 0 aliphatic carbocycles. The minimum absolute atomic E-state index is 0.0232. The van der Waals surface area contributed by atoms with Crippen molar-refractivity contribution in [3.8, 4) is 5.75 Å². The molecule has 0 saturated carbocycles. The van der Waals surface area contributed by atoms with E-state index < -0.39 is 0 Å². The molecule has 0 atom stereocenters. The number of hydrogen-bond donors (Lipinski definition) is 0. The number of ether oxygens (including phenoxy) is 1. The Morgan fingerprint density at radius 1 is 1.21 bits per heavy atom. The highest BCUT2D eigenvalue weighted by atomic mass is 32.2. The maximum atomic E-state index is 12.6. The molecule has 2 saturated heterocycles. The monoisotopic (exact) mass is 348 g/mol. The lowest BCUT2D eigenvalue weighted by molar-refractivity contribution is -0.126. The van der Waals surface area contributed by atoms with Gasteiger partial charge in [0.1, 0.15) is 5.75 Å². The van der Waals surface area contributed by atoms with Crippen LogP contribution in [0.5, 0.6) is 5.75 Å². The van der Waals surface area contributed by atoms with Gasteiger partial charge in [0.05, 0.1) is 12.4 Å². The summed E-state index contributed by atoms with van der Waals surface area (Å²) in [5.41, 5.74) is 0.626. The number of carbonyl (C=O) groups is 3. The summed E-state index contributed by atoms with van der Waals surface area (Å²) < 4.78 is 5.38. The lowest BCUT2D eigenvalue weighted by Crippen LogP contribution is -2.48. The predicted molar refractivity (Wildman–Crippen MR) is 91.2 cm³/mol. The highest BCUT2D eigenvalue weighted by molar-refractivity contribution is 8.14. The molecule has 0 unspecified atom stereocenters. The molecule has 2 heterocycles. The third-order valence-electron chi connectivity index (χ3n) is 4.31. The fourth-order valence-electron chi connectivity index (χ4n) is 3.09. The van der Waals surface area contributed by atoms with Crippen molar-refractivity contribution in [3.05, 3.63) is 29.8 Å². The quantitative estimate of drug-likeness (QED) is 0.836. The van der Waals surface area contributed by atoms with Gasteiger partial charge in [-0.25, -0.2) is 0 Å². The van der Waals surface area contributed by atoms with Gasteiger partial charge >= 0.3 is 0 Å². The fraction of sp³-hybridized carbons (Fsp3) is 0.471. The first-order valence-corrected chi connectivity index (χ1v) is 9.09. The number of piperidine rings is 1. The van der Waals surface area contributed by atoms with Gasteiger partial charge in [0.2, 0.25) is 5.91 Å². The van der Waals surface area contributed by atoms with Crippen molar-refractivity contribution in [2.75, 3.05) is 25.4 Å². The number of rotatable bonds is 4. The van der Waals surface area contributed by atoms with Crippen molar-refractivity contribution in [1.29, 1.82) is 0 Å². The molecule has 0 aromatic heterocycles. The van der Waals surface area contributed by atoms with Crippen molar-refractivity contribution >= 4 is 28.8 Å². The Morgan fingerprint density at radius 3 is 2.42 bits per heavy atom. The van der Waals surface area contributed by atoms with E-state index in [9.17, 15) is 14.4 Å². The number of carbonyl (C=O) groups excluding carboxylic acids is 3. The maximum absolute atomic E-state index is 12.6. The van der Waals surface area contributed by atoms with Gasteiger partial charge in [-0.1, -0.05) is 11.8 Å². The summed E-state index contributed by atoms with van der Waals surface area (Å²) in [5.74, 6) is 0.854. The van der Waals surface area contributed by atoms with Crippen LogP contribution < -0.4 is 4.74 Å². The highest BCUT2D eigenvalue weighted by Crippen LogP contribution is 2.27. The zero-order chi connectivity index (χ0) is 17.1. The van der Waals surface area contributed by atoms with E-state index in [2.05, 4.69) is 0 Å². The summed E-state index contributed by atoms with van der Waals surface area (Å²) >= 11 is 1.06. The Labute approximate surface area is 145 Å². The number of nitrogens with zero attached hydrogens (tertiary/aromatic N) is 2. The van der Waals surface area contributed by atoms with Crippen molar-refractivity contribution in [1.82, 2.24) is 9.80 Å². The molecule has 6 nitrogen and oxygen atoms in total. The molecule has 128 valence electrons. The minimum atomic E-state index is -0.156. The zero-order valence-corrected chi connectivity index (χ0v) is 14.4. The summed E-state index contributed by atoms with van der Waals surface area (Å²) in [6, 6.07) is 7.04. The van der Waals surface area contributed by atoms with Crippen LogP contribution in [0.25, 0.3) is 0 Å². The van der Waals surface area contributed by atoms with Gasteiger partial charge in [-0.2, -0.15) is 0 Å².